The Morgan fingerprint density at radius 2 is 1.95 bits per heavy atom. The van der Waals surface area contributed by atoms with Gasteiger partial charge in [0.15, 0.2) is 0 Å². The van der Waals surface area contributed by atoms with Gasteiger partial charge in [0.2, 0.25) is 0 Å². The Morgan fingerprint density at radius 1 is 1.21 bits per heavy atom. The summed E-state index contributed by atoms with van der Waals surface area (Å²) >= 11 is 0. The fourth-order valence-corrected chi connectivity index (χ4v) is 2.03. The van der Waals surface area contributed by atoms with Crippen LogP contribution in [0.1, 0.15) is 38.3 Å². The van der Waals surface area contributed by atoms with Crippen molar-refractivity contribution in [3.63, 3.8) is 0 Å². The summed E-state index contributed by atoms with van der Waals surface area (Å²) in [5.41, 5.74) is 8.03. The Labute approximate surface area is 117 Å². The van der Waals surface area contributed by atoms with Crippen LogP contribution in [0.2, 0.25) is 0 Å². The fourth-order valence-electron chi connectivity index (χ4n) is 2.03. The molecule has 0 heterocycles. The third-order valence-corrected chi connectivity index (χ3v) is 3.09. The topological polar surface area (TPSA) is 47.3 Å². The maximum atomic E-state index is 6.00. The van der Waals surface area contributed by atoms with E-state index in [1.165, 1.54) is 11.1 Å². The predicted molar refractivity (Wildman–Crippen MR) is 81.9 cm³/mol. The quantitative estimate of drug-likeness (QED) is 0.744. The zero-order chi connectivity index (χ0) is 14.3. The Bertz CT molecular complexity index is 383. The van der Waals surface area contributed by atoms with Gasteiger partial charge in [-0.25, -0.2) is 0 Å². The number of aryl methyl sites for hydroxylation is 1. The van der Waals surface area contributed by atoms with Crippen LogP contribution >= 0.6 is 0 Å². The van der Waals surface area contributed by atoms with Crippen LogP contribution < -0.4 is 15.8 Å². The van der Waals surface area contributed by atoms with Gasteiger partial charge in [-0.2, -0.15) is 0 Å². The van der Waals surface area contributed by atoms with Gasteiger partial charge in [0.25, 0.3) is 0 Å². The molecule has 19 heavy (non-hydrogen) atoms. The second-order valence-electron chi connectivity index (χ2n) is 5.94. The molecule has 0 aliphatic rings. The molecule has 3 N–H and O–H groups in total. The highest BCUT2D eigenvalue weighted by atomic mass is 16.5. The molecule has 0 aliphatic carbocycles. The second kappa shape index (κ2) is 7.51. The summed E-state index contributed by atoms with van der Waals surface area (Å²) in [6, 6.07) is 6.37. The van der Waals surface area contributed by atoms with Crippen LogP contribution in [0, 0.1) is 6.92 Å². The Kier molecular flexibility index (Phi) is 6.32. The summed E-state index contributed by atoms with van der Waals surface area (Å²) in [5.74, 6) is 1.05. The van der Waals surface area contributed by atoms with Crippen molar-refractivity contribution in [3.8, 4) is 5.75 Å². The number of benzene rings is 1. The molecule has 0 saturated heterocycles. The van der Waals surface area contributed by atoms with Crippen LogP contribution in [0.25, 0.3) is 0 Å². The van der Waals surface area contributed by atoms with Crippen LogP contribution in [-0.4, -0.2) is 26.2 Å². The van der Waals surface area contributed by atoms with Crippen molar-refractivity contribution in [1.29, 1.82) is 0 Å². The molecule has 108 valence electrons. The van der Waals surface area contributed by atoms with Crippen LogP contribution in [0.3, 0.4) is 0 Å². The first-order chi connectivity index (χ1) is 8.96. The average molecular weight is 264 g/mol. The van der Waals surface area contributed by atoms with E-state index in [-0.39, 0.29) is 5.41 Å². The summed E-state index contributed by atoms with van der Waals surface area (Å²) in [6.07, 6.45) is 0.998. The molecule has 0 radical (unpaired) electrons. The zero-order valence-electron chi connectivity index (χ0n) is 12.8. The third kappa shape index (κ3) is 5.21. The summed E-state index contributed by atoms with van der Waals surface area (Å²) in [7, 11) is 0. The molecule has 0 spiro atoms. The van der Waals surface area contributed by atoms with E-state index in [1.807, 2.05) is 0 Å². The first-order valence-corrected chi connectivity index (χ1v) is 7.10. The lowest BCUT2D eigenvalue weighted by atomic mass is 9.85. The minimum absolute atomic E-state index is 0.110. The molecule has 0 aromatic heterocycles. The number of nitrogens with two attached hydrogens (primary N) is 1. The van der Waals surface area contributed by atoms with Gasteiger partial charge >= 0.3 is 0 Å². The Balaban J connectivity index is 2.57. The van der Waals surface area contributed by atoms with Gasteiger partial charge in [-0.1, -0.05) is 39.0 Å². The smallest absolute Gasteiger partial charge is 0.125 e. The van der Waals surface area contributed by atoms with E-state index in [0.29, 0.717) is 6.54 Å². The van der Waals surface area contributed by atoms with Gasteiger partial charge < -0.3 is 15.8 Å². The molecule has 0 saturated carbocycles. The second-order valence-corrected chi connectivity index (χ2v) is 5.94. The first kappa shape index (κ1) is 16.0. The predicted octanol–water partition coefficient (Wildman–Crippen LogP) is 2.61. The molecule has 0 amide bonds. The molecule has 0 unspecified atom stereocenters. The molecule has 3 heteroatoms. The lowest BCUT2D eigenvalue weighted by Crippen LogP contribution is -2.24. The minimum Gasteiger partial charge on any atom is -0.493 e. The van der Waals surface area contributed by atoms with E-state index in [1.54, 1.807) is 0 Å². The molecule has 0 aliphatic heterocycles. The van der Waals surface area contributed by atoms with Crippen molar-refractivity contribution in [2.45, 2.75) is 39.5 Å². The normalized spacial score (nSPS) is 11.6. The van der Waals surface area contributed by atoms with Gasteiger partial charge in [-0.05, 0) is 36.4 Å². The number of hydrogen-bond acceptors (Lipinski definition) is 3. The number of hydrogen-bond donors (Lipinski definition) is 2. The molecule has 1 aromatic rings. The first-order valence-electron chi connectivity index (χ1n) is 7.10. The Hall–Kier alpha value is -1.06. The highest BCUT2D eigenvalue weighted by Gasteiger charge is 2.19. The van der Waals surface area contributed by atoms with Crippen LogP contribution in [-0.2, 0) is 5.41 Å². The van der Waals surface area contributed by atoms with Crippen LogP contribution in [0.15, 0.2) is 18.2 Å². The van der Waals surface area contributed by atoms with E-state index in [2.05, 4.69) is 51.2 Å². The van der Waals surface area contributed by atoms with Crippen molar-refractivity contribution in [1.82, 2.24) is 5.32 Å². The molecular formula is C16H28N2O. The van der Waals surface area contributed by atoms with Crippen molar-refractivity contribution < 1.29 is 4.74 Å². The molecular weight excluding hydrogens is 236 g/mol. The third-order valence-electron chi connectivity index (χ3n) is 3.09. The Morgan fingerprint density at radius 3 is 2.58 bits per heavy atom. The van der Waals surface area contributed by atoms with Crippen molar-refractivity contribution in [2.24, 2.45) is 5.73 Å². The number of ether oxygens (including phenoxy) is 1. The summed E-state index contributed by atoms with van der Waals surface area (Å²) in [4.78, 5) is 0. The van der Waals surface area contributed by atoms with E-state index in [4.69, 9.17) is 10.5 Å². The highest BCUT2D eigenvalue weighted by molar-refractivity contribution is 5.44. The van der Waals surface area contributed by atoms with E-state index < -0.39 is 0 Å². The molecule has 0 fully saturated rings. The average Bonchev–Trinajstić information content (AvgIpc) is 2.33. The molecule has 1 aromatic carbocycles. The van der Waals surface area contributed by atoms with Gasteiger partial charge in [0.05, 0.1) is 6.61 Å². The van der Waals surface area contributed by atoms with Crippen molar-refractivity contribution in [2.75, 3.05) is 26.2 Å². The lowest BCUT2D eigenvalue weighted by Gasteiger charge is -2.24. The summed E-state index contributed by atoms with van der Waals surface area (Å²) in [6.45, 7) is 12.0. The monoisotopic (exact) mass is 264 g/mol. The van der Waals surface area contributed by atoms with Crippen LogP contribution in [0.4, 0.5) is 0 Å². The number of rotatable bonds is 7. The van der Waals surface area contributed by atoms with Gasteiger partial charge in [-0.15, -0.1) is 0 Å². The SMILES string of the molecule is Cc1cccc(C(C)(C)C)c1OCCCNCCN. The summed E-state index contributed by atoms with van der Waals surface area (Å²) < 4.78 is 6.00. The maximum absolute atomic E-state index is 6.00. The van der Waals surface area contributed by atoms with E-state index in [0.717, 1.165) is 31.9 Å². The standard InChI is InChI=1S/C16H28N2O/c1-13-7-5-8-14(16(2,3)4)15(13)19-12-6-10-18-11-9-17/h5,7-8,18H,6,9-12,17H2,1-4H3. The number of nitrogens with one attached hydrogen (secondary N) is 1. The molecule has 0 atom stereocenters. The van der Waals surface area contributed by atoms with E-state index >= 15 is 0 Å². The highest BCUT2D eigenvalue weighted by Crippen LogP contribution is 2.33. The lowest BCUT2D eigenvalue weighted by molar-refractivity contribution is 0.298. The zero-order valence-corrected chi connectivity index (χ0v) is 12.8. The molecule has 0 bridgehead atoms. The summed E-state index contributed by atoms with van der Waals surface area (Å²) in [5, 5.41) is 3.28. The van der Waals surface area contributed by atoms with Gasteiger partial charge in [0, 0.05) is 13.1 Å². The van der Waals surface area contributed by atoms with Gasteiger partial charge in [-0.3, -0.25) is 0 Å². The maximum Gasteiger partial charge on any atom is 0.125 e. The fraction of sp³-hybridized carbons (Fsp3) is 0.625. The molecule has 3 nitrogen and oxygen atoms in total. The van der Waals surface area contributed by atoms with Crippen molar-refractivity contribution >= 4 is 0 Å². The van der Waals surface area contributed by atoms with Crippen molar-refractivity contribution in [3.05, 3.63) is 29.3 Å². The van der Waals surface area contributed by atoms with E-state index in [9.17, 15) is 0 Å². The number of para-hydroxylation sites is 1. The van der Waals surface area contributed by atoms with Gasteiger partial charge in [0.1, 0.15) is 5.75 Å². The van der Waals surface area contributed by atoms with Crippen LogP contribution in [0.5, 0.6) is 5.75 Å². The molecule has 1 rings (SSSR count). The minimum atomic E-state index is 0.110. The largest absolute Gasteiger partial charge is 0.493 e.